The number of benzene rings is 2. The third kappa shape index (κ3) is 5.72. The summed E-state index contributed by atoms with van der Waals surface area (Å²) < 4.78 is 5.16. The summed E-state index contributed by atoms with van der Waals surface area (Å²) in [6.45, 7) is 4.57. The van der Waals surface area contributed by atoms with Gasteiger partial charge in [0.2, 0.25) is 11.8 Å². The highest BCUT2D eigenvalue weighted by molar-refractivity contribution is 5.96. The van der Waals surface area contributed by atoms with Crippen molar-refractivity contribution in [1.82, 2.24) is 9.80 Å². The quantitative estimate of drug-likeness (QED) is 0.647. The summed E-state index contributed by atoms with van der Waals surface area (Å²) in [5.41, 5.74) is 1.97. The van der Waals surface area contributed by atoms with Gasteiger partial charge < -0.3 is 9.64 Å². The lowest BCUT2D eigenvalue weighted by Crippen LogP contribution is -2.46. The number of hydrogen-bond donors (Lipinski definition) is 0. The van der Waals surface area contributed by atoms with Crippen molar-refractivity contribution in [3.8, 4) is 0 Å². The van der Waals surface area contributed by atoms with Crippen LogP contribution in [0.2, 0.25) is 0 Å². The number of ether oxygens (including phenoxy) is 1. The number of hydrogen-bond acceptors (Lipinski definition) is 4. The van der Waals surface area contributed by atoms with Gasteiger partial charge in [0.1, 0.15) is 6.61 Å². The van der Waals surface area contributed by atoms with Crippen LogP contribution in [0, 0.1) is 11.8 Å². The minimum atomic E-state index is -0.639. The largest absolute Gasteiger partial charge is 0.447 e. The summed E-state index contributed by atoms with van der Waals surface area (Å²) in [5.74, 6) is -1.04. The number of imide groups is 1. The van der Waals surface area contributed by atoms with Crippen molar-refractivity contribution in [2.24, 2.45) is 11.8 Å². The van der Waals surface area contributed by atoms with Crippen LogP contribution in [-0.2, 0) is 27.3 Å². The van der Waals surface area contributed by atoms with Gasteiger partial charge in [-0.1, -0.05) is 74.5 Å². The molecule has 1 heterocycles. The van der Waals surface area contributed by atoms with E-state index >= 15 is 0 Å². The molecule has 0 spiro atoms. The Labute approximate surface area is 183 Å². The molecule has 1 aliphatic rings. The number of nitrogens with zero attached hydrogens (tertiary/aromatic N) is 2. The van der Waals surface area contributed by atoms with Gasteiger partial charge in [-0.25, -0.2) is 9.69 Å². The van der Waals surface area contributed by atoms with Crippen molar-refractivity contribution in [1.29, 1.82) is 0 Å². The molecule has 2 atom stereocenters. The van der Waals surface area contributed by atoms with E-state index in [0.717, 1.165) is 11.1 Å². The van der Waals surface area contributed by atoms with Crippen molar-refractivity contribution in [2.45, 2.75) is 39.3 Å². The number of carbonyl (C=O) groups excluding carboxylic acids is 3. The lowest BCUT2D eigenvalue weighted by Gasteiger charge is -2.28. The van der Waals surface area contributed by atoms with Crippen LogP contribution in [0.3, 0.4) is 0 Å². The summed E-state index contributed by atoms with van der Waals surface area (Å²) >= 11 is 0. The Kier molecular flexibility index (Phi) is 7.45. The second-order valence-electron chi connectivity index (χ2n) is 8.42. The number of amides is 3. The van der Waals surface area contributed by atoms with E-state index in [9.17, 15) is 14.4 Å². The minimum Gasteiger partial charge on any atom is -0.447 e. The lowest BCUT2D eigenvalue weighted by molar-refractivity contribution is -0.140. The van der Waals surface area contributed by atoms with E-state index in [2.05, 4.69) is 0 Å². The molecule has 0 aliphatic carbocycles. The summed E-state index contributed by atoms with van der Waals surface area (Å²) in [6, 6.07) is 19.0. The fourth-order valence-electron chi connectivity index (χ4n) is 3.83. The maximum absolute atomic E-state index is 13.4. The zero-order valence-electron chi connectivity index (χ0n) is 18.4. The van der Waals surface area contributed by atoms with E-state index in [0.29, 0.717) is 13.0 Å². The predicted molar refractivity (Wildman–Crippen MR) is 118 cm³/mol. The van der Waals surface area contributed by atoms with E-state index in [1.54, 1.807) is 11.9 Å². The van der Waals surface area contributed by atoms with Gasteiger partial charge in [-0.2, -0.15) is 0 Å². The minimum absolute atomic E-state index is 0.0334. The van der Waals surface area contributed by atoms with Crippen LogP contribution in [0.15, 0.2) is 60.7 Å². The molecule has 2 aromatic rings. The number of cyclic esters (lactones) is 1. The molecule has 0 aromatic heterocycles. The lowest BCUT2D eigenvalue weighted by atomic mass is 9.92. The van der Waals surface area contributed by atoms with E-state index in [4.69, 9.17) is 4.74 Å². The molecule has 164 valence electrons. The first-order chi connectivity index (χ1) is 14.9. The molecule has 0 N–H and O–H groups in total. The standard InChI is InChI=1S/C25H30N2O4/c1-18(2)22-17-31-25(30)27(22)24(29)21(14-19-10-6-4-7-11-19)15-23(28)26(3)16-20-12-8-5-9-13-20/h4-13,18,21-22H,14-17H2,1-3H3/t21-,22-/m1/s1. The molecule has 6 nitrogen and oxygen atoms in total. The third-order valence-electron chi connectivity index (χ3n) is 5.70. The first-order valence-corrected chi connectivity index (χ1v) is 10.7. The van der Waals surface area contributed by atoms with Gasteiger partial charge in [0, 0.05) is 20.0 Å². The monoisotopic (exact) mass is 422 g/mol. The summed E-state index contributed by atoms with van der Waals surface area (Å²) in [7, 11) is 1.74. The van der Waals surface area contributed by atoms with Crippen LogP contribution in [0.25, 0.3) is 0 Å². The average molecular weight is 423 g/mol. The zero-order chi connectivity index (χ0) is 22.4. The fraction of sp³-hybridized carbons (Fsp3) is 0.400. The van der Waals surface area contributed by atoms with E-state index in [1.165, 1.54) is 4.90 Å². The van der Waals surface area contributed by atoms with Gasteiger partial charge in [-0.15, -0.1) is 0 Å². The molecule has 6 heteroatoms. The van der Waals surface area contributed by atoms with Crippen LogP contribution >= 0.6 is 0 Å². The third-order valence-corrected chi connectivity index (χ3v) is 5.70. The van der Waals surface area contributed by atoms with Gasteiger partial charge in [0.05, 0.1) is 12.0 Å². The van der Waals surface area contributed by atoms with Crippen molar-refractivity contribution >= 4 is 17.9 Å². The molecule has 1 fully saturated rings. The molecular formula is C25H30N2O4. The molecular weight excluding hydrogens is 392 g/mol. The molecule has 0 bridgehead atoms. The molecule has 0 saturated carbocycles. The van der Waals surface area contributed by atoms with Gasteiger partial charge in [-0.05, 0) is 23.5 Å². The molecule has 0 radical (unpaired) electrons. The van der Waals surface area contributed by atoms with Crippen LogP contribution < -0.4 is 0 Å². The summed E-state index contributed by atoms with van der Waals surface area (Å²) in [6.07, 6.45) is -0.197. The Bertz CT molecular complexity index is 898. The Hall–Kier alpha value is -3.15. The Morgan fingerprint density at radius 1 is 1.03 bits per heavy atom. The van der Waals surface area contributed by atoms with E-state index < -0.39 is 12.0 Å². The first-order valence-electron chi connectivity index (χ1n) is 10.7. The van der Waals surface area contributed by atoms with Crippen LogP contribution in [0.1, 0.15) is 31.4 Å². The molecule has 3 rings (SSSR count). The molecule has 3 amide bonds. The molecule has 0 unspecified atom stereocenters. The smallest absolute Gasteiger partial charge is 0.416 e. The van der Waals surface area contributed by atoms with Crippen molar-refractivity contribution < 1.29 is 19.1 Å². The maximum Gasteiger partial charge on any atom is 0.416 e. The van der Waals surface area contributed by atoms with Gasteiger partial charge in [0.15, 0.2) is 0 Å². The van der Waals surface area contributed by atoms with Gasteiger partial charge in [0.25, 0.3) is 0 Å². The molecule has 2 aromatic carbocycles. The summed E-state index contributed by atoms with van der Waals surface area (Å²) in [4.78, 5) is 41.6. The second kappa shape index (κ2) is 10.2. The highest BCUT2D eigenvalue weighted by Gasteiger charge is 2.42. The molecule has 1 saturated heterocycles. The van der Waals surface area contributed by atoms with Crippen molar-refractivity contribution in [3.05, 3.63) is 71.8 Å². The zero-order valence-corrected chi connectivity index (χ0v) is 18.4. The number of carbonyl (C=O) groups is 3. The average Bonchev–Trinajstić information content (AvgIpc) is 3.15. The normalized spacial score (nSPS) is 16.8. The predicted octanol–water partition coefficient (Wildman–Crippen LogP) is 3.90. The van der Waals surface area contributed by atoms with Crippen LogP contribution in [0.5, 0.6) is 0 Å². The van der Waals surface area contributed by atoms with Crippen LogP contribution in [0.4, 0.5) is 4.79 Å². The van der Waals surface area contributed by atoms with Gasteiger partial charge in [-0.3, -0.25) is 9.59 Å². The van der Waals surface area contributed by atoms with E-state index in [1.807, 2.05) is 74.5 Å². The Balaban J connectivity index is 1.78. The highest BCUT2D eigenvalue weighted by atomic mass is 16.6. The molecule has 31 heavy (non-hydrogen) atoms. The van der Waals surface area contributed by atoms with Crippen molar-refractivity contribution in [3.63, 3.8) is 0 Å². The van der Waals surface area contributed by atoms with Crippen LogP contribution in [-0.4, -0.2) is 47.4 Å². The van der Waals surface area contributed by atoms with Gasteiger partial charge >= 0.3 is 6.09 Å². The molecule has 1 aliphatic heterocycles. The second-order valence-corrected chi connectivity index (χ2v) is 8.42. The Morgan fingerprint density at radius 3 is 2.19 bits per heavy atom. The topological polar surface area (TPSA) is 66.9 Å². The first kappa shape index (κ1) is 22.5. The van der Waals surface area contributed by atoms with E-state index in [-0.39, 0.29) is 36.8 Å². The SMILES string of the molecule is CC(C)[C@H]1COC(=O)N1C(=O)[C@@H](CC(=O)N(C)Cc1ccccc1)Cc1ccccc1. The Morgan fingerprint density at radius 2 is 1.61 bits per heavy atom. The summed E-state index contributed by atoms with van der Waals surface area (Å²) in [5, 5.41) is 0. The van der Waals surface area contributed by atoms with Crippen molar-refractivity contribution in [2.75, 3.05) is 13.7 Å². The fourth-order valence-corrected chi connectivity index (χ4v) is 3.83. The maximum atomic E-state index is 13.4. The highest BCUT2D eigenvalue weighted by Crippen LogP contribution is 2.25. The number of rotatable bonds is 8.